The van der Waals surface area contributed by atoms with E-state index in [0.29, 0.717) is 25.4 Å². The van der Waals surface area contributed by atoms with Gasteiger partial charge in [0.25, 0.3) is 0 Å². The molecule has 1 aliphatic rings. The van der Waals surface area contributed by atoms with Crippen LogP contribution in [0.4, 0.5) is 4.79 Å². The van der Waals surface area contributed by atoms with Crippen molar-refractivity contribution >= 4 is 6.03 Å². The van der Waals surface area contributed by atoms with Crippen LogP contribution in [0.1, 0.15) is 23.9 Å². The van der Waals surface area contributed by atoms with Crippen LogP contribution in [0.25, 0.3) is 0 Å². The Balaban J connectivity index is 1.66. The van der Waals surface area contributed by atoms with Crippen molar-refractivity contribution in [1.29, 1.82) is 0 Å². The number of urea groups is 1. The lowest BCUT2D eigenvalue weighted by Crippen LogP contribution is -2.42. The number of fused-ring (bicyclic) bond motifs is 1. The van der Waals surface area contributed by atoms with Crippen LogP contribution in [-0.2, 0) is 26.1 Å². The first-order chi connectivity index (χ1) is 12.2. The van der Waals surface area contributed by atoms with Gasteiger partial charge in [-0.25, -0.2) is 4.79 Å². The molecule has 134 valence electrons. The van der Waals surface area contributed by atoms with E-state index in [2.05, 4.69) is 15.5 Å². The molecule has 2 amide bonds. The van der Waals surface area contributed by atoms with Gasteiger partial charge >= 0.3 is 6.03 Å². The molecule has 0 saturated carbocycles. The fourth-order valence-electron chi connectivity index (χ4n) is 3.00. The number of benzene rings is 1. The van der Waals surface area contributed by atoms with E-state index >= 15 is 0 Å². The number of hydrogen-bond donors (Lipinski definition) is 1. The van der Waals surface area contributed by atoms with Crippen LogP contribution in [0, 0.1) is 0 Å². The minimum absolute atomic E-state index is 0.105. The molecular formula is C17H23N5O3. The van der Waals surface area contributed by atoms with Gasteiger partial charge in [-0.15, -0.1) is 10.2 Å². The molecule has 0 saturated heterocycles. The quantitative estimate of drug-likeness (QED) is 0.890. The van der Waals surface area contributed by atoms with E-state index in [1.54, 1.807) is 25.4 Å². The zero-order valence-electron chi connectivity index (χ0n) is 14.8. The predicted molar refractivity (Wildman–Crippen MR) is 91.6 cm³/mol. The van der Waals surface area contributed by atoms with Crippen LogP contribution in [0.5, 0.6) is 11.5 Å². The highest BCUT2D eigenvalue weighted by atomic mass is 16.5. The average Bonchev–Trinajstić information content (AvgIpc) is 3.11. The Kier molecular flexibility index (Phi) is 5.06. The van der Waals surface area contributed by atoms with Crippen molar-refractivity contribution in [3.63, 3.8) is 0 Å². The van der Waals surface area contributed by atoms with E-state index in [9.17, 15) is 4.79 Å². The van der Waals surface area contributed by atoms with Crippen molar-refractivity contribution < 1.29 is 14.3 Å². The summed E-state index contributed by atoms with van der Waals surface area (Å²) in [6, 6.07) is 3.83. The van der Waals surface area contributed by atoms with Gasteiger partial charge < -0.3 is 24.3 Å². The first-order valence-electron chi connectivity index (χ1n) is 8.29. The monoisotopic (exact) mass is 345 g/mol. The summed E-state index contributed by atoms with van der Waals surface area (Å²) in [5, 5.41) is 10.8. The number of ether oxygens (including phenoxy) is 2. The lowest BCUT2D eigenvalue weighted by Gasteiger charge is -2.29. The Morgan fingerprint density at radius 1 is 1.24 bits per heavy atom. The molecular weight excluding hydrogens is 322 g/mol. The summed E-state index contributed by atoms with van der Waals surface area (Å²) in [5.74, 6) is 2.15. The van der Waals surface area contributed by atoms with Gasteiger partial charge in [0.1, 0.15) is 6.33 Å². The van der Waals surface area contributed by atoms with Gasteiger partial charge in [-0.2, -0.15) is 0 Å². The Labute approximate surface area is 146 Å². The third kappa shape index (κ3) is 3.52. The van der Waals surface area contributed by atoms with Crippen molar-refractivity contribution in [3.05, 3.63) is 35.4 Å². The topological polar surface area (TPSA) is 81.5 Å². The second kappa shape index (κ2) is 7.42. The summed E-state index contributed by atoms with van der Waals surface area (Å²) >= 11 is 0. The fraction of sp³-hybridized carbons (Fsp3) is 0.471. The SMILES string of the molecule is CCn1cnnc1CNC(=O)N1CCc2cc(OC)c(OC)cc2C1. The molecule has 0 fully saturated rings. The number of carbonyl (C=O) groups excluding carboxylic acids is 1. The number of methoxy groups -OCH3 is 2. The number of hydrogen-bond acceptors (Lipinski definition) is 5. The summed E-state index contributed by atoms with van der Waals surface area (Å²) in [4.78, 5) is 14.3. The number of aromatic nitrogens is 3. The van der Waals surface area contributed by atoms with Gasteiger partial charge in [0.05, 0.1) is 20.8 Å². The van der Waals surface area contributed by atoms with Crippen LogP contribution < -0.4 is 14.8 Å². The Bertz CT molecular complexity index is 759. The summed E-state index contributed by atoms with van der Waals surface area (Å²) in [6.45, 7) is 4.35. The zero-order chi connectivity index (χ0) is 17.8. The smallest absolute Gasteiger partial charge is 0.318 e. The Hall–Kier alpha value is -2.77. The molecule has 1 aliphatic heterocycles. The summed E-state index contributed by atoms with van der Waals surface area (Å²) in [5.41, 5.74) is 2.27. The second-order valence-electron chi connectivity index (χ2n) is 5.84. The second-order valence-corrected chi connectivity index (χ2v) is 5.84. The van der Waals surface area contributed by atoms with Crippen molar-refractivity contribution in [2.24, 2.45) is 0 Å². The highest BCUT2D eigenvalue weighted by Gasteiger charge is 2.23. The van der Waals surface area contributed by atoms with Gasteiger partial charge in [0, 0.05) is 19.6 Å². The van der Waals surface area contributed by atoms with E-state index in [-0.39, 0.29) is 6.03 Å². The first-order valence-corrected chi connectivity index (χ1v) is 8.29. The molecule has 0 aliphatic carbocycles. The summed E-state index contributed by atoms with van der Waals surface area (Å²) in [7, 11) is 3.24. The van der Waals surface area contributed by atoms with Gasteiger partial charge in [0.15, 0.2) is 17.3 Å². The molecule has 3 rings (SSSR count). The van der Waals surface area contributed by atoms with E-state index < -0.39 is 0 Å². The van der Waals surface area contributed by atoms with E-state index in [0.717, 1.165) is 30.1 Å². The minimum Gasteiger partial charge on any atom is -0.493 e. The molecule has 0 radical (unpaired) electrons. The Morgan fingerprint density at radius 3 is 2.64 bits per heavy atom. The molecule has 2 aromatic rings. The fourth-order valence-corrected chi connectivity index (χ4v) is 3.00. The van der Waals surface area contributed by atoms with E-state index in [4.69, 9.17) is 9.47 Å². The van der Waals surface area contributed by atoms with E-state index in [1.807, 2.05) is 23.6 Å². The normalized spacial score (nSPS) is 13.3. The molecule has 2 heterocycles. The molecule has 1 aromatic carbocycles. The third-order valence-electron chi connectivity index (χ3n) is 4.44. The molecule has 8 heteroatoms. The number of nitrogens with zero attached hydrogens (tertiary/aromatic N) is 4. The highest BCUT2D eigenvalue weighted by Crippen LogP contribution is 2.33. The van der Waals surface area contributed by atoms with Crippen molar-refractivity contribution in [2.45, 2.75) is 33.0 Å². The molecule has 25 heavy (non-hydrogen) atoms. The average molecular weight is 345 g/mol. The number of amides is 2. The van der Waals surface area contributed by atoms with Gasteiger partial charge in [-0.05, 0) is 36.6 Å². The van der Waals surface area contributed by atoms with Crippen molar-refractivity contribution in [1.82, 2.24) is 25.0 Å². The number of nitrogens with one attached hydrogen (secondary N) is 1. The third-order valence-corrected chi connectivity index (χ3v) is 4.44. The van der Waals surface area contributed by atoms with Crippen LogP contribution in [0.2, 0.25) is 0 Å². The van der Waals surface area contributed by atoms with E-state index in [1.165, 1.54) is 5.56 Å². The predicted octanol–water partition coefficient (Wildman–Crippen LogP) is 1.58. The van der Waals surface area contributed by atoms with Crippen LogP contribution in [0.3, 0.4) is 0 Å². The summed E-state index contributed by atoms with van der Waals surface area (Å²) < 4.78 is 12.6. The van der Waals surface area contributed by atoms with Crippen LogP contribution >= 0.6 is 0 Å². The maximum absolute atomic E-state index is 12.5. The van der Waals surface area contributed by atoms with Gasteiger partial charge in [-0.3, -0.25) is 0 Å². The summed E-state index contributed by atoms with van der Waals surface area (Å²) in [6.07, 6.45) is 2.45. The van der Waals surface area contributed by atoms with Crippen molar-refractivity contribution in [2.75, 3.05) is 20.8 Å². The van der Waals surface area contributed by atoms with Crippen molar-refractivity contribution in [3.8, 4) is 11.5 Å². The lowest BCUT2D eigenvalue weighted by molar-refractivity contribution is 0.191. The van der Waals surface area contributed by atoms with Crippen LogP contribution in [0.15, 0.2) is 18.5 Å². The number of carbonyl (C=O) groups is 1. The number of aryl methyl sites for hydroxylation is 1. The molecule has 8 nitrogen and oxygen atoms in total. The maximum atomic E-state index is 12.5. The zero-order valence-corrected chi connectivity index (χ0v) is 14.8. The molecule has 0 bridgehead atoms. The minimum atomic E-state index is -0.105. The molecule has 1 aromatic heterocycles. The highest BCUT2D eigenvalue weighted by molar-refractivity contribution is 5.74. The van der Waals surface area contributed by atoms with Crippen LogP contribution in [-0.4, -0.2) is 46.5 Å². The molecule has 1 N–H and O–H groups in total. The van der Waals surface area contributed by atoms with Gasteiger partial charge in [-0.1, -0.05) is 0 Å². The molecule has 0 unspecified atom stereocenters. The lowest BCUT2D eigenvalue weighted by atomic mass is 9.99. The standard InChI is InChI=1S/C17H23N5O3/c1-4-21-11-19-20-16(21)9-18-17(23)22-6-5-12-7-14(24-2)15(25-3)8-13(12)10-22/h7-8,11H,4-6,9-10H2,1-3H3,(H,18,23). The largest absolute Gasteiger partial charge is 0.493 e. The Morgan fingerprint density at radius 2 is 1.96 bits per heavy atom. The first kappa shape index (κ1) is 17.1. The van der Waals surface area contributed by atoms with Gasteiger partial charge in [0.2, 0.25) is 0 Å². The maximum Gasteiger partial charge on any atom is 0.318 e. The molecule has 0 atom stereocenters. The molecule has 0 spiro atoms. The number of rotatable bonds is 5.